The normalized spacial score (nSPS) is 19.9. The van der Waals surface area contributed by atoms with Crippen molar-refractivity contribution in [1.82, 2.24) is 0 Å². The molecule has 0 bridgehead atoms. The molecule has 0 aliphatic carbocycles. The fraction of sp³-hybridized carbons (Fsp3) is 0.467. The first-order valence-electron chi connectivity index (χ1n) is 6.43. The van der Waals surface area contributed by atoms with Gasteiger partial charge in [0.05, 0.1) is 17.0 Å². The zero-order chi connectivity index (χ0) is 13.9. The van der Waals surface area contributed by atoms with Crippen LogP contribution in [0.2, 0.25) is 0 Å². The van der Waals surface area contributed by atoms with Gasteiger partial charge in [0.1, 0.15) is 0 Å². The SMILES string of the molecule is CC1(C)OB(C#CCSc2ccccc2)OC1(C)C. The lowest BCUT2D eigenvalue weighted by Gasteiger charge is -2.32. The molecule has 4 heteroatoms. The predicted octanol–water partition coefficient (Wildman–Crippen LogP) is 3.41. The van der Waals surface area contributed by atoms with Crippen molar-refractivity contribution < 1.29 is 9.31 Å². The second kappa shape index (κ2) is 5.62. The fourth-order valence-corrected chi connectivity index (χ4v) is 2.33. The molecule has 2 rings (SSSR count). The molecule has 1 fully saturated rings. The van der Waals surface area contributed by atoms with Crippen molar-refractivity contribution in [2.24, 2.45) is 0 Å². The number of hydrogen-bond donors (Lipinski definition) is 0. The van der Waals surface area contributed by atoms with E-state index in [2.05, 4.69) is 23.9 Å². The maximum Gasteiger partial charge on any atom is 0.551 e. The van der Waals surface area contributed by atoms with Crippen LogP contribution in [-0.4, -0.2) is 24.1 Å². The summed E-state index contributed by atoms with van der Waals surface area (Å²) in [7, 11) is -0.415. The summed E-state index contributed by atoms with van der Waals surface area (Å²) in [5.41, 5.74) is -0.613. The van der Waals surface area contributed by atoms with E-state index in [1.807, 2.05) is 45.9 Å². The van der Waals surface area contributed by atoms with Crippen molar-refractivity contribution in [3.05, 3.63) is 30.3 Å². The molecule has 0 spiro atoms. The van der Waals surface area contributed by atoms with Gasteiger partial charge in [-0.1, -0.05) is 29.9 Å². The van der Waals surface area contributed by atoms with Crippen molar-refractivity contribution in [3.8, 4) is 11.7 Å². The summed E-state index contributed by atoms with van der Waals surface area (Å²) >= 11 is 1.72. The molecule has 0 radical (unpaired) electrons. The Morgan fingerprint density at radius 2 is 1.63 bits per heavy atom. The Morgan fingerprint density at radius 1 is 1.05 bits per heavy atom. The fourth-order valence-electron chi connectivity index (χ4n) is 1.66. The van der Waals surface area contributed by atoms with E-state index in [1.165, 1.54) is 4.90 Å². The van der Waals surface area contributed by atoms with Crippen molar-refractivity contribution >= 4 is 18.9 Å². The van der Waals surface area contributed by atoms with Crippen LogP contribution >= 0.6 is 11.8 Å². The van der Waals surface area contributed by atoms with Gasteiger partial charge in [-0.2, -0.15) is 0 Å². The number of thioether (sulfide) groups is 1. The number of rotatable bonds is 2. The van der Waals surface area contributed by atoms with Gasteiger partial charge in [0.25, 0.3) is 0 Å². The molecule has 0 atom stereocenters. The molecule has 0 N–H and O–H groups in total. The summed E-state index contributed by atoms with van der Waals surface area (Å²) in [5, 5.41) is 0. The van der Waals surface area contributed by atoms with E-state index >= 15 is 0 Å². The monoisotopic (exact) mass is 274 g/mol. The van der Waals surface area contributed by atoms with E-state index in [1.54, 1.807) is 11.8 Å². The van der Waals surface area contributed by atoms with Gasteiger partial charge in [0.15, 0.2) is 0 Å². The van der Waals surface area contributed by atoms with Gasteiger partial charge in [0.2, 0.25) is 0 Å². The van der Waals surface area contributed by atoms with Crippen LogP contribution in [0.5, 0.6) is 0 Å². The summed E-state index contributed by atoms with van der Waals surface area (Å²) in [6.45, 7) is 8.14. The third-order valence-electron chi connectivity index (χ3n) is 3.53. The van der Waals surface area contributed by atoms with Gasteiger partial charge >= 0.3 is 7.12 Å². The largest absolute Gasteiger partial charge is 0.551 e. The highest BCUT2D eigenvalue weighted by molar-refractivity contribution is 7.99. The van der Waals surface area contributed by atoms with E-state index in [4.69, 9.17) is 9.31 Å². The molecular weight excluding hydrogens is 255 g/mol. The van der Waals surface area contributed by atoms with Crippen LogP contribution in [0.3, 0.4) is 0 Å². The highest BCUT2D eigenvalue weighted by Crippen LogP contribution is 2.36. The van der Waals surface area contributed by atoms with Crippen molar-refractivity contribution in [2.45, 2.75) is 43.8 Å². The van der Waals surface area contributed by atoms with Gasteiger partial charge in [0, 0.05) is 4.90 Å². The summed E-state index contributed by atoms with van der Waals surface area (Å²) in [6, 6.07) is 10.2. The Balaban J connectivity index is 1.86. The highest BCUT2D eigenvalue weighted by Gasteiger charge is 2.50. The molecule has 2 nitrogen and oxygen atoms in total. The van der Waals surface area contributed by atoms with Crippen LogP contribution in [0.25, 0.3) is 0 Å². The molecule has 1 aliphatic rings. The average molecular weight is 274 g/mol. The first-order valence-corrected chi connectivity index (χ1v) is 7.41. The molecule has 0 unspecified atom stereocenters. The maximum absolute atomic E-state index is 5.81. The Hall–Kier alpha value is -0.885. The molecular formula is C15H19BO2S. The molecule has 1 heterocycles. The minimum Gasteiger partial charge on any atom is -0.392 e. The first-order chi connectivity index (χ1) is 8.91. The number of hydrogen-bond acceptors (Lipinski definition) is 3. The van der Waals surface area contributed by atoms with Crippen LogP contribution in [-0.2, 0) is 9.31 Å². The second-order valence-electron chi connectivity index (χ2n) is 5.51. The van der Waals surface area contributed by atoms with Crippen molar-refractivity contribution in [1.29, 1.82) is 0 Å². The summed E-state index contributed by atoms with van der Waals surface area (Å²) in [4.78, 5) is 1.23. The Morgan fingerprint density at radius 3 is 2.21 bits per heavy atom. The lowest BCUT2D eigenvalue weighted by atomic mass is 9.90. The molecule has 1 saturated heterocycles. The van der Waals surface area contributed by atoms with E-state index in [0.717, 1.165) is 5.75 Å². The second-order valence-corrected chi connectivity index (χ2v) is 6.56. The van der Waals surface area contributed by atoms with Gasteiger partial charge in [-0.3, -0.25) is 0 Å². The van der Waals surface area contributed by atoms with Gasteiger partial charge in [-0.05, 0) is 39.8 Å². The smallest absolute Gasteiger partial charge is 0.392 e. The molecule has 19 heavy (non-hydrogen) atoms. The Kier molecular flexibility index (Phi) is 4.30. The summed E-state index contributed by atoms with van der Waals surface area (Å²) in [5.74, 6) is 6.91. The lowest BCUT2D eigenvalue weighted by molar-refractivity contribution is 0.00578. The standard InChI is InChI=1S/C15H19BO2S/c1-14(2)15(3,4)18-16(17-14)11-8-12-19-13-9-6-5-7-10-13/h5-7,9-10H,12H2,1-4H3. The molecule has 1 aromatic carbocycles. The summed E-state index contributed by atoms with van der Waals surface area (Å²) in [6.07, 6.45) is 0. The van der Waals surface area contributed by atoms with Crippen LogP contribution < -0.4 is 0 Å². The van der Waals surface area contributed by atoms with Gasteiger partial charge in [-0.15, -0.1) is 11.8 Å². The highest BCUT2D eigenvalue weighted by atomic mass is 32.2. The third kappa shape index (κ3) is 3.57. The molecule has 100 valence electrons. The summed E-state index contributed by atoms with van der Waals surface area (Å²) < 4.78 is 11.6. The minimum absolute atomic E-state index is 0.307. The predicted molar refractivity (Wildman–Crippen MR) is 81.0 cm³/mol. The molecule has 1 aliphatic heterocycles. The topological polar surface area (TPSA) is 18.5 Å². The van der Waals surface area contributed by atoms with Crippen molar-refractivity contribution in [2.75, 3.05) is 5.75 Å². The molecule has 1 aromatic rings. The van der Waals surface area contributed by atoms with Crippen LogP contribution in [0, 0.1) is 11.7 Å². The van der Waals surface area contributed by atoms with Crippen molar-refractivity contribution in [3.63, 3.8) is 0 Å². The molecule has 0 amide bonds. The lowest BCUT2D eigenvalue weighted by Crippen LogP contribution is -2.41. The number of benzene rings is 1. The van der Waals surface area contributed by atoms with Gasteiger partial charge in [-0.25, -0.2) is 0 Å². The van der Waals surface area contributed by atoms with Crippen LogP contribution in [0.15, 0.2) is 35.2 Å². The average Bonchev–Trinajstić information content (AvgIpc) is 2.55. The Bertz CT molecular complexity index is 472. The van der Waals surface area contributed by atoms with Gasteiger partial charge < -0.3 is 9.31 Å². The van der Waals surface area contributed by atoms with Crippen LogP contribution in [0.4, 0.5) is 0 Å². The molecule has 0 aromatic heterocycles. The van der Waals surface area contributed by atoms with E-state index in [0.29, 0.717) is 0 Å². The van der Waals surface area contributed by atoms with E-state index in [-0.39, 0.29) is 11.2 Å². The zero-order valence-corrected chi connectivity index (χ0v) is 12.7. The van der Waals surface area contributed by atoms with Crippen LogP contribution in [0.1, 0.15) is 27.7 Å². The Labute approximate surface area is 120 Å². The quantitative estimate of drug-likeness (QED) is 0.468. The third-order valence-corrected chi connectivity index (χ3v) is 4.42. The zero-order valence-electron chi connectivity index (χ0n) is 11.9. The van der Waals surface area contributed by atoms with E-state index in [9.17, 15) is 0 Å². The first kappa shape index (κ1) is 14.5. The molecule has 0 saturated carbocycles. The maximum atomic E-state index is 5.81. The van der Waals surface area contributed by atoms with E-state index < -0.39 is 7.12 Å². The minimum atomic E-state index is -0.415.